The molecule has 18 heavy (non-hydrogen) atoms. The first kappa shape index (κ1) is 12.9. The van der Waals surface area contributed by atoms with E-state index >= 15 is 0 Å². The van der Waals surface area contributed by atoms with Gasteiger partial charge in [-0.3, -0.25) is 4.79 Å². The molecule has 0 bridgehead atoms. The van der Waals surface area contributed by atoms with Crippen LogP contribution in [-0.2, 0) is 9.53 Å². The number of para-hydroxylation sites is 1. The van der Waals surface area contributed by atoms with Crippen LogP contribution in [0.15, 0.2) is 24.3 Å². The summed E-state index contributed by atoms with van der Waals surface area (Å²) >= 11 is 0. The molecular formula is C14H19NO3. The van der Waals surface area contributed by atoms with Crippen LogP contribution < -0.4 is 10.1 Å². The Hall–Kier alpha value is -1.55. The van der Waals surface area contributed by atoms with Crippen molar-refractivity contribution >= 4 is 5.97 Å². The van der Waals surface area contributed by atoms with Crippen LogP contribution in [0, 0.1) is 5.92 Å². The maximum absolute atomic E-state index is 11.6. The molecule has 0 spiro atoms. The van der Waals surface area contributed by atoms with E-state index in [2.05, 4.69) is 11.4 Å². The van der Waals surface area contributed by atoms with Gasteiger partial charge in [0.25, 0.3) is 0 Å². The maximum Gasteiger partial charge on any atom is 0.309 e. The van der Waals surface area contributed by atoms with Gasteiger partial charge >= 0.3 is 5.97 Å². The van der Waals surface area contributed by atoms with Crippen molar-refractivity contribution in [2.75, 3.05) is 27.3 Å². The molecule has 0 aliphatic carbocycles. The molecule has 1 aliphatic rings. The fourth-order valence-corrected chi connectivity index (χ4v) is 2.53. The summed E-state index contributed by atoms with van der Waals surface area (Å²) in [6.45, 7) is 1.56. The van der Waals surface area contributed by atoms with Gasteiger partial charge in [-0.05, 0) is 18.1 Å². The van der Waals surface area contributed by atoms with Gasteiger partial charge in [-0.15, -0.1) is 0 Å². The van der Waals surface area contributed by atoms with Gasteiger partial charge in [0.05, 0.1) is 20.1 Å². The summed E-state index contributed by atoms with van der Waals surface area (Å²) in [4.78, 5) is 11.6. The second kappa shape index (κ2) is 5.87. The summed E-state index contributed by atoms with van der Waals surface area (Å²) in [5.74, 6) is 0.967. The molecular weight excluding hydrogens is 230 g/mol. The van der Waals surface area contributed by atoms with Gasteiger partial charge in [-0.1, -0.05) is 18.2 Å². The zero-order chi connectivity index (χ0) is 13.0. The number of ether oxygens (including phenoxy) is 2. The van der Waals surface area contributed by atoms with Crippen LogP contribution in [0.3, 0.4) is 0 Å². The maximum atomic E-state index is 11.6. The van der Waals surface area contributed by atoms with Crippen molar-refractivity contribution in [2.45, 2.75) is 12.3 Å². The smallest absolute Gasteiger partial charge is 0.309 e. The highest BCUT2D eigenvalue weighted by Gasteiger charge is 2.29. The summed E-state index contributed by atoms with van der Waals surface area (Å²) < 4.78 is 10.2. The molecule has 1 aliphatic heterocycles. The second-order valence-electron chi connectivity index (χ2n) is 4.55. The second-order valence-corrected chi connectivity index (χ2v) is 4.55. The lowest BCUT2D eigenvalue weighted by atomic mass is 9.85. The third-order valence-electron chi connectivity index (χ3n) is 3.46. The first-order valence-electron chi connectivity index (χ1n) is 6.17. The van der Waals surface area contributed by atoms with Crippen LogP contribution in [0.4, 0.5) is 0 Å². The SMILES string of the molecule is COC(=O)[C@@H]1CNC[C@H](c2ccccc2OC)C1. The third kappa shape index (κ3) is 2.64. The van der Waals surface area contributed by atoms with Crippen molar-refractivity contribution in [2.24, 2.45) is 5.92 Å². The quantitative estimate of drug-likeness (QED) is 0.826. The van der Waals surface area contributed by atoms with Crippen molar-refractivity contribution < 1.29 is 14.3 Å². The fraction of sp³-hybridized carbons (Fsp3) is 0.500. The predicted molar refractivity (Wildman–Crippen MR) is 68.7 cm³/mol. The zero-order valence-corrected chi connectivity index (χ0v) is 10.8. The Morgan fingerprint density at radius 1 is 1.28 bits per heavy atom. The molecule has 0 saturated carbocycles. The molecule has 2 atom stereocenters. The topological polar surface area (TPSA) is 47.6 Å². The Bertz CT molecular complexity index is 419. The Labute approximate surface area is 107 Å². The molecule has 0 radical (unpaired) electrons. The van der Waals surface area contributed by atoms with Gasteiger partial charge in [0, 0.05) is 19.0 Å². The molecule has 2 rings (SSSR count). The van der Waals surface area contributed by atoms with Crippen molar-refractivity contribution in [3.8, 4) is 5.75 Å². The van der Waals surface area contributed by atoms with Crippen LogP contribution in [0.2, 0.25) is 0 Å². The van der Waals surface area contributed by atoms with E-state index in [0.29, 0.717) is 12.5 Å². The average Bonchev–Trinajstić information content (AvgIpc) is 2.46. The molecule has 4 heteroatoms. The Balaban J connectivity index is 2.15. The number of nitrogens with one attached hydrogen (secondary N) is 1. The van der Waals surface area contributed by atoms with Crippen molar-refractivity contribution in [3.63, 3.8) is 0 Å². The summed E-state index contributed by atoms with van der Waals surface area (Å²) in [7, 11) is 3.11. The van der Waals surface area contributed by atoms with Gasteiger partial charge < -0.3 is 14.8 Å². The van der Waals surface area contributed by atoms with E-state index in [1.54, 1.807) is 7.11 Å². The molecule has 1 fully saturated rings. The van der Waals surface area contributed by atoms with Crippen LogP contribution in [0.25, 0.3) is 0 Å². The lowest BCUT2D eigenvalue weighted by Gasteiger charge is -2.29. The van der Waals surface area contributed by atoms with E-state index in [0.717, 1.165) is 24.3 Å². The molecule has 0 aromatic heterocycles. The van der Waals surface area contributed by atoms with Gasteiger partial charge in [-0.2, -0.15) is 0 Å². The molecule has 1 saturated heterocycles. The minimum atomic E-state index is -0.137. The number of piperidine rings is 1. The molecule has 1 aromatic carbocycles. The number of carbonyl (C=O) groups excluding carboxylic acids is 1. The van der Waals surface area contributed by atoms with Crippen molar-refractivity contribution in [1.82, 2.24) is 5.32 Å². The first-order valence-corrected chi connectivity index (χ1v) is 6.17. The van der Waals surface area contributed by atoms with Gasteiger partial charge in [0.15, 0.2) is 0 Å². The number of hydrogen-bond acceptors (Lipinski definition) is 4. The van der Waals surface area contributed by atoms with Crippen LogP contribution in [-0.4, -0.2) is 33.3 Å². The van der Waals surface area contributed by atoms with Crippen molar-refractivity contribution in [3.05, 3.63) is 29.8 Å². The summed E-state index contributed by atoms with van der Waals surface area (Å²) in [6, 6.07) is 7.97. The summed E-state index contributed by atoms with van der Waals surface area (Å²) in [5, 5.41) is 3.29. The highest BCUT2D eigenvalue weighted by molar-refractivity contribution is 5.72. The number of rotatable bonds is 3. The number of esters is 1. The van der Waals surface area contributed by atoms with Crippen LogP contribution in [0.1, 0.15) is 17.9 Å². The molecule has 4 nitrogen and oxygen atoms in total. The first-order chi connectivity index (χ1) is 8.76. The predicted octanol–water partition coefficient (Wildman–Crippen LogP) is 1.56. The average molecular weight is 249 g/mol. The zero-order valence-electron chi connectivity index (χ0n) is 10.8. The molecule has 1 N–H and O–H groups in total. The molecule has 98 valence electrons. The number of carbonyl (C=O) groups is 1. The molecule has 0 unspecified atom stereocenters. The minimum Gasteiger partial charge on any atom is -0.496 e. The highest BCUT2D eigenvalue weighted by Crippen LogP contribution is 2.32. The van der Waals surface area contributed by atoms with E-state index in [9.17, 15) is 4.79 Å². The number of methoxy groups -OCH3 is 2. The lowest BCUT2D eigenvalue weighted by Crippen LogP contribution is -2.39. The monoisotopic (exact) mass is 249 g/mol. The Kier molecular flexibility index (Phi) is 4.20. The van der Waals surface area contributed by atoms with E-state index in [-0.39, 0.29) is 11.9 Å². The fourth-order valence-electron chi connectivity index (χ4n) is 2.53. The molecule has 0 amide bonds. The van der Waals surface area contributed by atoms with Gasteiger partial charge in [0.1, 0.15) is 5.75 Å². The Morgan fingerprint density at radius 3 is 2.78 bits per heavy atom. The summed E-state index contributed by atoms with van der Waals surface area (Å²) in [6.07, 6.45) is 0.806. The standard InChI is InChI=1S/C14H19NO3/c1-17-13-6-4-3-5-12(13)10-7-11(9-15-8-10)14(16)18-2/h3-6,10-11,15H,7-9H2,1-2H3/t10-,11+/m1/s1. The van der Waals surface area contributed by atoms with E-state index in [4.69, 9.17) is 9.47 Å². The molecule has 1 heterocycles. The van der Waals surface area contributed by atoms with Gasteiger partial charge in [0.2, 0.25) is 0 Å². The Morgan fingerprint density at radius 2 is 2.06 bits per heavy atom. The highest BCUT2D eigenvalue weighted by atomic mass is 16.5. The van der Waals surface area contributed by atoms with Crippen molar-refractivity contribution in [1.29, 1.82) is 0 Å². The van der Waals surface area contributed by atoms with Crippen LogP contribution >= 0.6 is 0 Å². The lowest BCUT2D eigenvalue weighted by molar-refractivity contribution is -0.146. The summed E-state index contributed by atoms with van der Waals surface area (Å²) in [5.41, 5.74) is 1.15. The van der Waals surface area contributed by atoms with Gasteiger partial charge in [-0.25, -0.2) is 0 Å². The van der Waals surface area contributed by atoms with E-state index in [1.165, 1.54) is 7.11 Å². The minimum absolute atomic E-state index is 0.0707. The largest absolute Gasteiger partial charge is 0.496 e. The number of benzene rings is 1. The van der Waals surface area contributed by atoms with Crippen LogP contribution in [0.5, 0.6) is 5.75 Å². The normalized spacial score (nSPS) is 23.4. The number of hydrogen-bond donors (Lipinski definition) is 1. The van der Waals surface area contributed by atoms with E-state index in [1.807, 2.05) is 18.2 Å². The van der Waals surface area contributed by atoms with E-state index < -0.39 is 0 Å². The third-order valence-corrected chi connectivity index (χ3v) is 3.46. The molecule has 1 aromatic rings.